The average Bonchev–Trinajstić information content (AvgIpc) is 2.43. The maximum Gasteiger partial charge on any atom is 0.255 e. The van der Waals surface area contributed by atoms with Gasteiger partial charge in [0.05, 0.1) is 11.6 Å². The van der Waals surface area contributed by atoms with Gasteiger partial charge in [-0.15, -0.1) is 0 Å². The van der Waals surface area contributed by atoms with Crippen molar-refractivity contribution in [3.05, 3.63) is 52.0 Å². The molecular formula is C15H14BrNO3. The lowest BCUT2D eigenvalue weighted by Crippen LogP contribution is -2.12. The van der Waals surface area contributed by atoms with Crippen LogP contribution in [0.2, 0.25) is 0 Å². The molecule has 2 aromatic carbocycles. The number of carbonyl (C=O) groups excluding carboxylic acids is 1. The zero-order chi connectivity index (χ0) is 14.7. The highest BCUT2D eigenvalue weighted by Crippen LogP contribution is 2.27. The molecular weight excluding hydrogens is 322 g/mol. The summed E-state index contributed by atoms with van der Waals surface area (Å²) in [6, 6.07) is 10.1. The Morgan fingerprint density at radius 1 is 1.30 bits per heavy atom. The molecule has 0 radical (unpaired) electrons. The van der Waals surface area contributed by atoms with Crippen LogP contribution in [0, 0.1) is 6.92 Å². The Labute approximate surface area is 125 Å². The smallest absolute Gasteiger partial charge is 0.255 e. The van der Waals surface area contributed by atoms with Crippen molar-refractivity contribution in [2.75, 3.05) is 12.4 Å². The molecule has 2 rings (SSSR count). The summed E-state index contributed by atoms with van der Waals surface area (Å²) < 4.78 is 5.83. The number of nitrogens with one attached hydrogen (secondary N) is 1. The minimum absolute atomic E-state index is 0.152. The molecule has 4 nitrogen and oxygen atoms in total. The zero-order valence-corrected chi connectivity index (χ0v) is 12.7. The van der Waals surface area contributed by atoms with Crippen LogP contribution < -0.4 is 10.1 Å². The lowest BCUT2D eigenvalue weighted by molar-refractivity contribution is 0.102. The lowest BCUT2D eigenvalue weighted by Gasteiger charge is -2.10. The normalized spacial score (nSPS) is 10.2. The van der Waals surface area contributed by atoms with Gasteiger partial charge in [-0.2, -0.15) is 0 Å². The second kappa shape index (κ2) is 5.96. The summed E-state index contributed by atoms with van der Waals surface area (Å²) in [5.74, 6) is 0.566. The second-order valence-electron chi connectivity index (χ2n) is 4.25. The number of rotatable bonds is 3. The van der Waals surface area contributed by atoms with E-state index < -0.39 is 0 Å². The van der Waals surface area contributed by atoms with Crippen molar-refractivity contribution in [2.45, 2.75) is 6.92 Å². The molecule has 0 aromatic heterocycles. The van der Waals surface area contributed by atoms with Crippen molar-refractivity contribution in [1.82, 2.24) is 0 Å². The minimum Gasteiger partial charge on any atom is -0.508 e. The number of hydrogen-bond acceptors (Lipinski definition) is 3. The fourth-order valence-corrected chi connectivity index (χ4v) is 2.30. The van der Waals surface area contributed by atoms with Gasteiger partial charge in [-0.25, -0.2) is 0 Å². The van der Waals surface area contributed by atoms with Gasteiger partial charge in [0.15, 0.2) is 0 Å². The Hall–Kier alpha value is -2.01. The highest BCUT2D eigenvalue weighted by Gasteiger charge is 2.11. The highest BCUT2D eigenvalue weighted by atomic mass is 79.9. The van der Waals surface area contributed by atoms with Crippen molar-refractivity contribution in [2.24, 2.45) is 0 Å². The van der Waals surface area contributed by atoms with Crippen LogP contribution in [-0.4, -0.2) is 18.1 Å². The molecule has 0 unspecified atom stereocenters. The predicted molar refractivity (Wildman–Crippen MR) is 81.5 cm³/mol. The number of carbonyl (C=O) groups is 1. The summed E-state index contributed by atoms with van der Waals surface area (Å²) in [7, 11) is 1.57. The highest BCUT2D eigenvalue weighted by molar-refractivity contribution is 9.10. The number of methoxy groups -OCH3 is 1. The molecule has 5 heteroatoms. The van der Waals surface area contributed by atoms with Crippen LogP contribution in [0.3, 0.4) is 0 Å². The summed E-state index contributed by atoms with van der Waals surface area (Å²) >= 11 is 3.34. The van der Waals surface area contributed by atoms with Crippen LogP contribution in [0.4, 0.5) is 5.69 Å². The monoisotopic (exact) mass is 335 g/mol. The fourth-order valence-electron chi connectivity index (χ4n) is 1.76. The molecule has 0 aliphatic rings. The summed E-state index contributed by atoms with van der Waals surface area (Å²) in [4.78, 5) is 12.2. The number of phenols is 1. The second-order valence-corrected chi connectivity index (χ2v) is 5.11. The molecule has 2 aromatic rings. The van der Waals surface area contributed by atoms with Gasteiger partial charge in [0.25, 0.3) is 5.91 Å². The summed E-state index contributed by atoms with van der Waals surface area (Å²) in [6.45, 7) is 1.74. The quantitative estimate of drug-likeness (QED) is 0.898. The molecule has 0 heterocycles. The number of anilines is 1. The first-order chi connectivity index (χ1) is 9.52. The Morgan fingerprint density at radius 2 is 2.05 bits per heavy atom. The first kappa shape index (κ1) is 14.4. The molecule has 0 aliphatic carbocycles. The van der Waals surface area contributed by atoms with E-state index in [4.69, 9.17) is 4.74 Å². The maximum absolute atomic E-state index is 12.2. The van der Waals surface area contributed by atoms with Gasteiger partial charge in [0, 0.05) is 16.8 Å². The van der Waals surface area contributed by atoms with Crippen LogP contribution in [0.25, 0.3) is 0 Å². The number of hydrogen-bond donors (Lipinski definition) is 2. The third kappa shape index (κ3) is 2.93. The fraction of sp³-hybridized carbons (Fsp3) is 0.133. The van der Waals surface area contributed by atoms with E-state index in [1.807, 2.05) is 0 Å². The summed E-state index contributed by atoms with van der Waals surface area (Å²) in [5, 5.41) is 12.4. The van der Waals surface area contributed by atoms with E-state index in [1.54, 1.807) is 50.4 Å². The Kier molecular flexibility index (Phi) is 4.29. The maximum atomic E-state index is 12.2. The van der Waals surface area contributed by atoms with E-state index in [1.165, 1.54) is 0 Å². The van der Waals surface area contributed by atoms with Crippen molar-refractivity contribution < 1.29 is 14.6 Å². The van der Waals surface area contributed by atoms with Gasteiger partial charge >= 0.3 is 0 Å². The molecule has 0 spiro atoms. The summed E-state index contributed by atoms with van der Waals surface area (Å²) in [6.07, 6.45) is 0. The largest absolute Gasteiger partial charge is 0.508 e. The predicted octanol–water partition coefficient (Wildman–Crippen LogP) is 3.72. The number of aromatic hydroxyl groups is 1. The number of amides is 1. The molecule has 2 N–H and O–H groups in total. The number of phenolic OH excluding ortho intramolecular Hbond substituents is 1. The van der Waals surface area contributed by atoms with Gasteiger partial charge in [0.2, 0.25) is 0 Å². The number of benzene rings is 2. The van der Waals surface area contributed by atoms with Crippen molar-refractivity contribution in [3.8, 4) is 11.5 Å². The molecule has 104 valence electrons. The van der Waals surface area contributed by atoms with Gasteiger partial charge < -0.3 is 15.2 Å². The molecule has 20 heavy (non-hydrogen) atoms. The van der Waals surface area contributed by atoms with Gasteiger partial charge in [0.1, 0.15) is 11.5 Å². The Balaban J connectivity index is 2.24. The Morgan fingerprint density at radius 3 is 2.70 bits per heavy atom. The molecule has 0 aliphatic heterocycles. The van der Waals surface area contributed by atoms with E-state index in [9.17, 15) is 9.90 Å². The topological polar surface area (TPSA) is 58.6 Å². The molecule has 0 bridgehead atoms. The first-order valence-electron chi connectivity index (χ1n) is 5.96. The number of halogens is 1. The van der Waals surface area contributed by atoms with Crippen molar-refractivity contribution in [1.29, 1.82) is 0 Å². The van der Waals surface area contributed by atoms with Gasteiger partial charge in [-0.05, 0) is 53.2 Å². The molecule has 0 atom stereocenters. The lowest BCUT2D eigenvalue weighted by atomic mass is 10.1. The van der Waals surface area contributed by atoms with Crippen molar-refractivity contribution >= 4 is 27.5 Å². The van der Waals surface area contributed by atoms with Crippen LogP contribution in [0.5, 0.6) is 11.5 Å². The Bertz CT molecular complexity index is 656. The van der Waals surface area contributed by atoms with Crippen LogP contribution in [-0.2, 0) is 0 Å². The van der Waals surface area contributed by atoms with E-state index in [-0.39, 0.29) is 11.7 Å². The third-order valence-electron chi connectivity index (χ3n) is 2.97. The first-order valence-corrected chi connectivity index (χ1v) is 6.75. The average molecular weight is 336 g/mol. The third-order valence-corrected chi connectivity index (χ3v) is 3.59. The van der Waals surface area contributed by atoms with Crippen LogP contribution in [0.1, 0.15) is 15.9 Å². The van der Waals surface area contributed by atoms with Gasteiger partial charge in [-0.3, -0.25) is 4.79 Å². The van der Waals surface area contributed by atoms with E-state index >= 15 is 0 Å². The molecule has 0 saturated heterocycles. The molecule has 0 saturated carbocycles. The van der Waals surface area contributed by atoms with Crippen LogP contribution in [0.15, 0.2) is 40.9 Å². The zero-order valence-electron chi connectivity index (χ0n) is 11.1. The minimum atomic E-state index is -0.248. The molecule has 0 fully saturated rings. The standard InChI is InChI=1S/C15H14BrNO3/c1-9-12(4-3-5-13(9)18)17-15(19)10-6-7-14(20-2)11(16)8-10/h3-8,18H,1-2H3,(H,17,19). The number of ether oxygens (including phenoxy) is 1. The van der Waals surface area contributed by atoms with E-state index in [0.717, 1.165) is 0 Å². The summed E-state index contributed by atoms with van der Waals surface area (Å²) in [5.41, 5.74) is 1.72. The molecule has 1 amide bonds. The van der Waals surface area contributed by atoms with E-state index in [0.29, 0.717) is 27.0 Å². The van der Waals surface area contributed by atoms with Crippen molar-refractivity contribution in [3.63, 3.8) is 0 Å². The van der Waals surface area contributed by atoms with Gasteiger partial charge in [-0.1, -0.05) is 6.07 Å². The SMILES string of the molecule is COc1ccc(C(=O)Nc2cccc(O)c2C)cc1Br. The van der Waals surface area contributed by atoms with Crippen LogP contribution >= 0.6 is 15.9 Å². The van der Waals surface area contributed by atoms with E-state index in [2.05, 4.69) is 21.2 Å².